The molecule has 2 aromatic rings. The van der Waals surface area contributed by atoms with E-state index in [0.717, 1.165) is 12.3 Å². The highest BCUT2D eigenvalue weighted by molar-refractivity contribution is 7.10. The Morgan fingerprint density at radius 2 is 2.18 bits per heavy atom. The third-order valence-electron chi connectivity index (χ3n) is 2.72. The van der Waals surface area contributed by atoms with Crippen LogP contribution in [0.3, 0.4) is 0 Å². The Labute approximate surface area is 106 Å². The standard InChI is InChI=1S/C14H17NOS/c1-11(14-7-4-8-17-14)15-10-12-5-3-6-13(9-12)16-2/h3-9,11,15H,10H2,1-2H3/t11-/m1/s1. The van der Waals surface area contributed by atoms with E-state index in [2.05, 4.69) is 41.9 Å². The fourth-order valence-corrected chi connectivity index (χ4v) is 2.45. The Morgan fingerprint density at radius 3 is 2.88 bits per heavy atom. The number of methoxy groups -OCH3 is 1. The van der Waals surface area contributed by atoms with Gasteiger partial charge in [0.2, 0.25) is 0 Å². The number of ether oxygens (including phenoxy) is 1. The third kappa shape index (κ3) is 3.32. The normalized spacial score (nSPS) is 12.4. The maximum absolute atomic E-state index is 5.21. The van der Waals surface area contributed by atoms with E-state index in [-0.39, 0.29) is 0 Å². The number of hydrogen-bond donors (Lipinski definition) is 1. The van der Waals surface area contributed by atoms with Crippen molar-refractivity contribution in [3.05, 3.63) is 52.2 Å². The van der Waals surface area contributed by atoms with Gasteiger partial charge < -0.3 is 10.1 Å². The molecule has 0 saturated carbocycles. The first-order valence-electron chi connectivity index (χ1n) is 5.69. The molecule has 0 aliphatic heterocycles. The van der Waals surface area contributed by atoms with Gasteiger partial charge in [-0.15, -0.1) is 11.3 Å². The minimum Gasteiger partial charge on any atom is -0.497 e. The van der Waals surface area contributed by atoms with Crippen molar-refractivity contribution >= 4 is 11.3 Å². The van der Waals surface area contributed by atoms with Crippen LogP contribution < -0.4 is 10.1 Å². The van der Waals surface area contributed by atoms with E-state index in [1.807, 2.05) is 12.1 Å². The smallest absolute Gasteiger partial charge is 0.119 e. The number of thiophene rings is 1. The van der Waals surface area contributed by atoms with Gasteiger partial charge in [-0.25, -0.2) is 0 Å². The molecule has 1 N–H and O–H groups in total. The van der Waals surface area contributed by atoms with E-state index >= 15 is 0 Å². The minimum atomic E-state index is 0.390. The van der Waals surface area contributed by atoms with Crippen LogP contribution in [0.15, 0.2) is 41.8 Å². The zero-order valence-electron chi connectivity index (χ0n) is 10.1. The van der Waals surface area contributed by atoms with E-state index in [9.17, 15) is 0 Å². The average Bonchev–Trinajstić information content (AvgIpc) is 2.90. The van der Waals surface area contributed by atoms with Crippen molar-refractivity contribution in [3.63, 3.8) is 0 Å². The van der Waals surface area contributed by atoms with Crippen LogP contribution in [-0.2, 0) is 6.54 Å². The van der Waals surface area contributed by atoms with Crippen LogP contribution in [0.5, 0.6) is 5.75 Å². The van der Waals surface area contributed by atoms with Crippen LogP contribution in [0.2, 0.25) is 0 Å². The highest BCUT2D eigenvalue weighted by Crippen LogP contribution is 2.19. The van der Waals surface area contributed by atoms with Crippen molar-refractivity contribution < 1.29 is 4.74 Å². The van der Waals surface area contributed by atoms with E-state index in [4.69, 9.17) is 4.74 Å². The maximum atomic E-state index is 5.21. The van der Waals surface area contributed by atoms with Crippen molar-refractivity contribution in [1.82, 2.24) is 5.32 Å². The Hall–Kier alpha value is -1.32. The first kappa shape index (κ1) is 12.1. The number of nitrogens with one attached hydrogen (secondary N) is 1. The average molecular weight is 247 g/mol. The molecule has 0 bridgehead atoms. The van der Waals surface area contributed by atoms with Crippen LogP contribution in [-0.4, -0.2) is 7.11 Å². The first-order valence-corrected chi connectivity index (χ1v) is 6.57. The number of hydrogen-bond acceptors (Lipinski definition) is 3. The van der Waals surface area contributed by atoms with Gasteiger partial charge in [-0.2, -0.15) is 0 Å². The molecule has 0 radical (unpaired) electrons. The Kier molecular flexibility index (Phi) is 4.18. The van der Waals surface area contributed by atoms with Gasteiger partial charge in [0.1, 0.15) is 5.75 Å². The molecular weight excluding hydrogens is 230 g/mol. The van der Waals surface area contributed by atoms with Gasteiger partial charge >= 0.3 is 0 Å². The monoisotopic (exact) mass is 247 g/mol. The second kappa shape index (κ2) is 5.84. The molecule has 90 valence electrons. The Bertz CT molecular complexity index is 453. The predicted octanol–water partition coefficient (Wildman–Crippen LogP) is 3.61. The molecular formula is C14H17NOS. The molecule has 0 amide bonds. The van der Waals surface area contributed by atoms with Gasteiger partial charge in [0, 0.05) is 17.5 Å². The summed E-state index contributed by atoms with van der Waals surface area (Å²) in [6, 6.07) is 12.8. The molecule has 0 aliphatic carbocycles. The fraction of sp³-hybridized carbons (Fsp3) is 0.286. The van der Waals surface area contributed by atoms with Gasteiger partial charge in [0.25, 0.3) is 0 Å². The quantitative estimate of drug-likeness (QED) is 0.871. The molecule has 0 unspecified atom stereocenters. The molecule has 1 aromatic heterocycles. The summed E-state index contributed by atoms with van der Waals surface area (Å²) in [4.78, 5) is 1.37. The van der Waals surface area contributed by atoms with Crippen molar-refractivity contribution in [2.75, 3.05) is 7.11 Å². The predicted molar refractivity (Wildman–Crippen MR) is 72.6 cm³/mol. The highest BCUT2D eigenvalue weighted by Gasteiger charge is 2.05. The maximum Gasteiger partial charge on any atom is 0.119 e. The Morgan fingerprint density at radius 1 is 1.29 bits per heavy atom. The molecule has 17 heavy (non-hydrogen) atoms. The summed E-state index contributed by atoms with van der Waals surface area (Å²) in [7, 11) is 1.70. The lowest BCUT2D eigenvalue weighted by atomic mass is 10.2. The van der Waals surface area contributed by atoms with Gasteiger partial charge in [-0.05, 0) is 36.1 Å². The van der Waals surface area contributed by atoms with Crippen LogP contribution in [0, 0.1) is 0 Å². The SMILES string of the molecule is COc1cccc(CN[C@H](C)c2cccs2)c1. The van der Waals surface area contributed by atoms with E-state index in [1.165, 1.54) is 10.4 Å². The molecule has 0 spiro atoms. The van der Waals surface area contributed by atoms with Crippen molar-refractivity contribution in [3.8, 4) is 5.75 Å². The zero-order chi connectivity index (χ0) is 12.1. The summed E-state index contributed by atoms with van der Waals surface area (Å²) in [5.74, 6) is 0.910. The Balaban J connectivity index is 1.93. The largest absolute Gasteiger partial charge is 0.497 e. The topological polar surface area (TPSA) is 21.3 Å². The zero-order valence-corrected chi connectivity index (χ0v) is 11.0. The van der Waals surface area contributed by atoms with E-state index < -0.39 is 0 Å². The van der Waals surface area contributed by atoms with Crippen LogP contribution >= 0.6 is 11.3 Å². The van der Waals surface area contributed by atoms with Gasteiger partial charge in [-0.3, -0.25) is 0 Å². The lowest BCUT2D eigenvalue weighted by Crippen LogP contribution is -2.17. The molecule has 0 aliphatic rings. The lowest BCUT2D eigenvalue weighted by molar-refractivity contribution is 0.414. The number of rotatable bonds is 5. The summed E-state index contributed by atoms with van der Waals surface area (Å²) in [6.45, 7) is 3.04. The van der Waals surface area contributed by atoms with Crippen molar-refractivity contribution in [2.45, 2.75) is 19.5 Å². The molecule has 1 atom stereocenters. The summed E-state index contributed by atoms with van der Waals surface area (Å²) in [6.07, 6.45) is 0. The van der Waals surface area contributed by atoms with Crippen LogP contribution in [0.25, 0.3) is 0 Å². The molecule has 2 nitrogen and oxygen atoms in total. The minimum absolute atomic E-state index is 0.390. The lowest BCUT2D eigenvalue weighted by Gasteiger charge is -2.12. The summed E-state index contributed by atoms with van der Waals surface area (Å²) >= 11 is 1.79. The molecule has 0 fully saturated rings. The van der Waals surface area contributed by atoms with Gasteiger partial charge in [0.05, 0.1) is 7.11 Å². The van der Waals surface area contributed by atoms with Gasteiger partial charge in [0.15, 0.2) is 0 Å². The first-order chi connectivity index (χ1) is 8.29. The van der Waals surface area contributed by atoms with Gasteiger partial charge in [-0.1, -0.05) is 18.2 Å². The van der Waals surface area contributed by atoms with E-state index in [0.29, 0.717) is 6.04 Å². The molecule has 1 heterocycles. The molecule has 1 aromatic carbocycles. The second-order valence-electron chi connectivity index (χ2n) is 3.97. The summed E-state index contributed by atoms with van der Waals surface area (Å²) < 4.78 is 5.21. The van der Waals surface area contributed by atoms with Crippen LogP contribution in [0.4, 0.5) is 0 Å². The summed E-state index contributed by atoms with van der Waals surface area (Å²) in [5.41, 5.74) is 1.24. The highest BCUT2D eigenvalue weighted by atomic mass is 32.1. The molecule has 3 heteroatoms. The fourth-order valence-electron chi connectivity index (χ4n) is 1.69. The van der Waals surface area contributed by atoms with Crippen molar-refractivity contribution in [2.24, 2.45) is 0 Å². The molecule has 2 rings (SSSR count). The third-order valence-corrected chi connectivity index (χ3v) is 3.77. The van der Waals surface area contributed by atoms with Crippen molar-refractivity contribution in [1.29, 1.82) is 0 Å². The summed E-state index contributed by atoms with van der Waals surface area (Å²) in [5, 5.41) is 5.62. The van der Waals surface area contributed by atoms with E-state index in [1.54, 1.807) is 18.4 Å². The second-order valence-corrected chi connectivity index (χ2v) is 4.95. The number of benzene rings is 1. The van der Waals surface area contributed by atoms with Crippen LogP contribution in [0.1, 0.15) is 23.4 Å². The molecule has 0 saturated heterocycles.